The highest BCUT2D eigenvalue weighted by Crippen LogP contribution is 2.34. The molecule has 1 atom stereocenters. The van der Waals surface area contributed by atoms with Crippen LogP contribution in [0.3, 0.4) is 0 Å². The van der Waals surface area contributed by atoms with E-state index in [9.17, 15) is 9.59 Å². The number of nitrogens with one attached hydrogen (secondary N) is 1. The molecule has 0 bridgehead atoms. The number of carbonyl (C=O) groups excluding carboxylic acids is 2. The summed E-state index contributed by atoms with van der Waals surface area (Å²) in [5.74, 6) is -0.394. The van der Waals surface area contributed by atoms with Crippen LogP contribution in [-0.2, 0) is 9.53 Å². The molecule has 122 valence electrons. The van der Waals surface area contributed by atoms with E-state index in [4.69, 9.17) is 4.74 Å². The lowest BCUT2D eigenvalue weighted by atomic mass is 10.1. The zero-order valence-electron chi connectivity index (χ0n) is 13.3. The minimum atomic E-state index is -0.394. The summed E-state index contributed by atoms with van der Waals surface area (Å²) in [7, 11) is 0. The molecule has 2 amide bonds. The molecule has 0 aromatic carbocycles. The number of hydrogen-bond donors (Lipinski definition) is 1. The summed E-state index contributed by atoms with van der Waals surface area (Å²) >= 11 is 1.74. The Hall–Kier alpha value is -1.56. The summed E-state index contributed by atoms with van der Waals surface area (Å²) < 4.78 is 4.85. The lowest BCUT2D eigenvalue weighted by Gasteiger charge is -2.29. The lowest BCUT2D eigenvalue weighted by molar-refractivity contribution is -0.141. The van der Waals surface area contributed by atoms with Gasteiger partial charge in [-0.2, -0.15) is 0 Å². The van der Waals surface area contributed by atoms with Crippen molar-refractivity contribution >= 4 is 23.3 Å². The molecule has 1 fully saturated rings. The second kappa shape index (κ2) is 8.17. The highest BCUT2D eigenvalue weighted by Gasteiger charge is 2.27. The quantitative estimate of drug-likeness (QED) is 0.865. The Morgan fingerprint density at radius 2 is 2.18 bits per heavy atom. The summed E-state index contributed by atoms with van der Waals surface area (Å²) in [5, 5.41) is 2.69. The van der Waals surface area contributed by atoms with Gasteiger partial charge in [-0.05, 0) is 38.8 Å². The number of hydrogen-bond acceptors (Lipinski definition) is 4. The summed E-state index contributed by atoms with van der Waals surface area (Å²) in [6, 6.07) is 4.15. The van der Waals surface area contributed by atoms with Crippen LogP contribution in [0.1, 0.15) is 48.4 Å². The molecule has 1 aliphatic heterocycles. The van der Waals surface area contributed by atoms with Gasteiger partial charge in [0.25, 0.3) is 0 Å². The summed E-state index contributed by atoms with van der Waals surface area (Å²) in [6.45, 7) is 4.82. The first-order valence-electron chi connectivity index (χ1n) is 7.88. The first-order valence-corrected chi connectivity index (χ1v) is 8.70. The van der Waals surface area contributed by atoms with E-state index in [-0.39, 0.29) is 18.6 Å². The predicted octanol–water partition coefficient (Wildman–Crippen LogP) is 3.25. The molecule has 22 heavy (non-hydrogen) atoms. The van der Waals surface area contributed by atoms with Gasteiger partial charge in [-0.15, -0.1) is 11.3 Å². The average molecular weight is 324 g/mol. The van der Waals surface area contributed by atoms with Crippen LogP contribution in [-0.4, -0.2) is 36.6 Å². The molecule has 0 unspecified atom stereocenters. The van der Waals surface area contributed by atoms with E-state index < -0.39 is 5.97 Å². The van der Waals surface area contributed by atoms with E-state index >= 15 is 0 Å². The van der Waals surface area contributed by atoms with Crippen molar-refractivity contribution in [3.05, 3.63) is 21.9 Å². The number of rotatable bonds is 4. The number of urea groups is 1. The van der Waals surface area contributed by atoms with Crippen molar-refractivity contribution in [1.82, 2.24) is 10.2 Å². The lowest BCUT2D eigenvalue weighted by Crippen LogP contribution is -2.44. The van der Waals surface area contributed by atoms with Crippen molar-refractivity contribution in [2.75, 3.05) is 19.7 Å². The van der Waals surface area contributed by atoms with Gasteiger partial charge in [-0.3, -0.25) is 4.79 Å². The SMILES string of the molecule is CCOC(=O)CNC(=O)N1CCCCC[C@@H]1c1ccc(C)s1. The van der Waals surface area contributed by atoms with Crippen LogP contribution in [0.5, 0.6) is 0 Å². The number of aryl methyl sites for hydroxylation is 1. The molecule has 6 heteroatoms. The molecule has 5 nitrogen and oxygen atoms in total. The largest absolute Gasteiger partial charge is 0.465 e. The maximum Gasteiger partial charge on any atom is 0.325 e. The fourth-order valence-electron chi connectivity index (χ4n) is 2.74. The summed E-state index contributed by atoms with van der Waals surface area (Å²) in [4.78, 5) is 28.2. The van der Waals surface area contributed by atoms with E-state index in [0.717, 1.165) is 32.2 Å². The third kappa shape index (κ3) is 4.47. The highest BCUT2D eigenvalue weighted by atomic mass is 32.1. The van der Waals surface area contributed by atoms with Gasteiger partial charge in [0, 0.05) is 16.3 Å². The van der Waals surface area contributed by atoms with Crippen molar-refractivity contribution in [2.24, 2.45) is 0 Å². The Morgan fingerprint density at radius 3 is 2.86 bits per heavy atom. The number of nitrogens with zero attached hydrogens (tertiary/aromatic N) is 1. The van der Waals surface area contributed by atoms with Gasteiger partial charge in [0.05, 0.1) is 12.6 Å². The van der Waals surface area contributed by atoms with Crippen LogP contribution in [0.2, 0.25) is 0 Å². The van der Waals surface area contributed by atoms with Crippen LogP contribution >= 0.6 is 11.3 Å². The van der Waals surface area contributed by atoms with E-state index in [2.05, 4.69) is 24.4 Å². The van der Waals surface area contributed by atoms with Crippen LogP contribution in [0.15, 0.2) is 12.1 Å². The van der Waals surface area contributed by atoms with E-state index in [1.54, 1.807) is 18.3 Å². The Balaban J connectivity index is 2.03. The number of likely N-dealkylation sites (tertiary alicyclic amines) is 1. The van der Waals surface area contributed by atoms with E-state index in [0.29, 0.717) is 6.61 Å². The topological polar surface area (TPSA) is 58.6 Å². The van der Waals surface area contributed by atoms with E-state index in [1.807, 2.05) is 4.90 Å². The molecule has 1 aliphatic rings. The molecule has 1 N–H and O–H groups in total. The molecular formula is C16H24N2O3S. The zero-order valence-corrected chi connectivity index (χ0v) is 14.1. The number of carbonyl (C=O) groups is 2. The molecule has 1 saturated heterocycles. The van der Waals surface area contributed by atoms with E-state index in [1.165, 1.54) is 9.75 Å². The minimum absolute atomic E-state index is 0.0701. The molecule has 0 radical (unpaired) electrons. The molecule has 0 aliphatic carbocycles. The Bertz CT molecular complexity index is 515. The number of thiophene rings is 1. The van der Waals surface area contributed by atoms with Crippen LogP contribution in [0.4, 0.5) is 4.79 Å². The van der Waals surface area contributed by atoms with Crippen molar-refractivity contribution in [2.45, 2.75) is 45.6 Å². The monoisotopic (exact) mass is 324 g/mol. The molecule has 0 saturated carbocycles. The number of amides is 2. The van der Waals surface area contributed by atoms with Gasteiger partial charge in [-0.25, -0.2) is 4.79 Å². The van der Waals surface area contributed by atoms with Crippen LogP contribution in [0.25, 0.3) is 0 Å². The van der Waals surface area contributed by atoms with Gasteiger partial charge >= 0.3 is 12.0 Å². The zero-order chi connectivity index (χ0) is 15.9. The van der Waals surface area contributed by atoms with Crippen LogP contribution in [0, 0.1) is 6.92 Å². The fourth-order valence-corrected chi connectivity index (χ4v) is 3.77. The smallest absolute Gasteiger partial charge is 0.325 e. The maximum atomic E-state index is 12.5. The Morgan fingerprint density at radius 1 is 1.36 bits per heavy atom. The standard InChI is InChI=1S/C16H24N2O3S/c1-3-21-15(19)11-17-16(20)18-10-6-4-5-7-13(18)14-9-8-12(2)22-14/h8-9,13H,3-7,10-11H2,1-2H3,(H,17,20)/t13-/m1/s1. The summed E-state index contributed by atoms with van der Waals surface area (Å²) in [6.07, 6.45) is 4.26. The van der Waals surface area contributed by atoms with Gasteiger partial charge in [0.2, 0.25) is 0 Å². The van der Waals surface area contributed by atoms with Gasteiger partial charge < -0.3 is 15.0 Å². The van der Waals surface area contributed by atoms with Crippen molar-refractivity contribution in [3.8, 4) is 0 Å². The van der Waals surface area contributed by atoms with Crippen molar-refractivity contribution < 1.29 is 14.3 Å². The third-order valence-corrected chi connectivity index (χ3v) is 4.89. The maximum absolute atomic E-state index is 12.5. The second-order valence-electron chi connectivity index (χ2n) is 5.47. The van der Waals surface area contributed by atoms with Crippen molar-refractivity contribution in [3.63, 3.8) is 0 Å². The van der Waals surface area contributed by atoms with Crippen molar-refractivity contribution in [1.29, 1.82) is 0 Å². The van der Waals surface area contributed by atoms with Gasteiger partial charge in [-0.1, -0.05) is 12.8 Å². The molecule has 0 spiro atoms. The highest BCUT2D eigenvalue weighted by molar-refractivity contribution is 7.12. The average Bonchev–Trinajstić information content (AvgIpc) is 2.78. The van der Waals surface area contributed by atoms with Crippen LogP contribution < -0.4 is 5.32 Å². The first kappa shape index (κ1) is 16.8. The Labute approximate surface area is 135 Å². The predicted molar refractivity (Wildman–Crippen MR) is 87.0 cm³/mol. The Kier molecular flexibility index (Phi) is 6.24. The van der Waals surface area contributed by atoms with Gasteiger partial charge in [0.1, 0.15) is 6.54 Å². The normalized spacial score (nSPS) is 18.6. The number of esters is 1. The fraction of sp³-hybridized carbons (Fsp3) is 0.625. The number of ether oxygens (including phenoxy) is 1. The molecule has 1 aromatic heterocycles. The molecular weight excluding hydrogens is 300 g/mol. The molecule has 2 heterocycles. The third-order valence-electron chi connectivity index (χ3n) is 3.79. The summed E-state index contributed by atoms with van der Waals surface area (Å²) in [5.41, 5.74) is 0. The molecule has 2 rings (SSSR count). The van der Waals surface area contributed by atoms with Gasteiger partial charge in [0.15, 0.2) is 0 Å². The second-order valence-corrected chi connectivity index (χ2v) is 6.79. The first-order chi connectivity index (χ1) is 10.6. The molecule has 1 aromatic rings. The minimum Gasteiger partial charge on any atom is -0.465 e.